The third-order valence-electron chi connectivity index (χ3n) is 5.75. The van der Waals surface area contributed by atoms with Crippen LogP contribution in [0.4, 0.5) is 0 Å². The first-order valence-electron chi connectivity index (χ1n) is 10.3. The Balaban J connectivity index is 1.60. The highest BCUT2D eigenvalue weighted by Crippen LogP contribution is 2.29. The van der Waals surface area contributed by atoms with Gasteiger partial charge in [0, 0.05) is 27.5 Å². The maximum absolute atomic E-state index is 13.6. The number of fused-ring (bicyclic) bond motifs is 1. The maximum atomic E-state index is 13.6. The fourth-order valence-corrected chi connectivity index (χ4v) is 5.98. The molecular weight excluding hydrogens is 392 g/mol. The van der Waals surface area contributed by atoms with E-state index in [0.717, 1.165) is 41.6 Å². The van der Waals surface area contributed by atoms with Gasteiger partial charge in [0.05, 0.1) is 11.4 Å². The topological polar surface area (TPSA) is 50.3 Å². The lowest BCUT2D eigenvalue weighted by molar-refractivity contribution is 0.0577. The monoisotopic (exact) mass is 420 g/mol. The van der Waals surface area contributed by atoms with Crippen LogP contribution in [0.3, 0.4) is 0 Å². The number of amides is 1. The van der Waals surface area contributed by atoms with Crippen LogP contribution in [-0.4, -0.2) is 39.0 Å². The van der Waals surface area contributed by atoms with E-state index >= 15 is 0 Å². The lowest BCUT2D eigenvalue weighted by Crippen LogP contribution is -2.43. The van der Waals surface area contributed by atoms with E-state index in [2.05, 4.69) is 24.7 Å². The average Bonchev–Trinajstić information content (AvgIpc) is 2.72. The van der Waals surface area contributed by atoms with E-state index in [1.807, 2.05) is 59.5 Å². The van der Waals surface area contributed by atoms with Crippen molar-refractivity contribution < 1.29 is 9.00 Å². The molecule has 1 saturated heterocycles. The van der Waals surface area contributed by atoms with Crippen LogP contribution in [-0.2, 0) is 15.3 Å². The van der Waals surface area contributed by atoms with Crippen molar-refractivity contribution in [3.63, 3.8) is 0 Å². The fraction of sp³-hybridized carbons (Fsp3) is 0.320. The molecule has 1 aromatic heterocycles. The minimum Gasteiger partial charge on any atom is -0.337 e. The van der Waals surface area contributed by atoms with Gasteiger partial charge in [-0.3, -0.25) is 9.00 Å². The number of rotatable bonds is 4. The Bertz CT molecular complexity index is 1190. The molecule has 0 N–H and O–H groups in total. The molecule has 30 heavy (non-hydrogen) atoms. The lowest BCUT2D eigenvalue weighted by atomic mass is 9.84. The van der Waals surface area contributed by atoms with Crippen molar-refractivity contribution in [2.24, 2.45) is 5.41 Å². The van der Waals surface area contributed by atoms with E-state index in [9.17, 15) is 9.00 Å². The highest BCUT2D eigenvalue weighted by molar-refractivity contribution is 7.99. The first-order valence-corrected chi connectivity index (χ1v) is 12.2. The van der Waals surface area contributed by atoms with E-state index in [-0.39, 0.29) is 17.1 Å². The molecule has 2 aromatic carbocycles. The molecule has 2 heterocycles. The first-order chi connectivity index (χ1) is 14.3. The maximum Gasteiger partial charge on any atom is 0.272 e. The molecule has 0 bridgehead atoms. The van der Waals surface area contributed by atoms with Gasteiger partial charge in [0.1, 0.15) is 5.69 Å². The molecule has 1 fully saturated rings. The van der Waals surface area contributed by atoms with Crippen molar-refractivity contribution in [2.75, 3.05) is 13.1 Å². The number of carbonyl (C=O) groups excluding carboxylic acids is 1. The number of aromatic nitrogens is 1. The molecule has 0 aliphatic carbocycles. The smallest absolute Gasteiger partial charge is 0.272 e. The summed E-state index contributed by atoms with van der Waals surface area (Å²) in [5.41, 5.74) is 1.17. The molecule has 4 nitrogen and oxygen atoms in total. The first kappa shape index (κ1) is 20.6. The van der Waals surface area contributed by atoms with Gasteiger partial charge >= 0.3 is 0 Å². The molecule has 0 spiro atoms. The number of nitrogens with zero attached hydrogens (tertiary/aromatic N) is 2. The van der Waals surface area contributed by atoms with Crippen LogP contribution >= 0.6 is 0 Å². The average molecular weight is 421 g/mol. The summed E-state index contributed by atoms with van der Waals surface area (Å²) in [4.78, 5) is 20.2. The Morgan fingerprint density at radius 1 is 1.10 bits per heavy atom. The highest BCUT2D eigenvalue weighted by atomic mass is 32.2. The molecule has 1 unspecified atom stereocenters. The van der Waals surface area contributed by atoms with Gasteiger partial charge in [-0.2, -0.15) is 0 Å². The minimum absolute atomic E-state index is 0.0506. The van der Waals surface area contributed by atoms with Crippen molar-refractivity contribution in [1.82, 2.24) is 9.88 Å². The fourth-order valence-electron chi connectivity index (χ4n) is 4.27. The van der Waals surface area contributed by atoms with Crippen LogP contribution in [0.1, 0.15) is 42.9 Å². The van der Waals surface area contributed by atoms with Crippen LogP contribution in [0.15, 0.2) is 65.6 Å². The third-order valence-corrected chi connectivity index (χ3v) is 7.66. The van der Waals surface area contributed by atoms with Gasteiger partial charge in [0.15, 0.2) is 0 Å². The van der Waals surface area contributed by atoms with Gasteiger partial charge in [-0.05, 0) is 53.1 Å². The second kappa shape index (κ2) is 7.88. The van der Waals surface area contributed by atoms with Gasteiger partial charge < -0.3 is 4.90 Å². The molecule has 4 rings (SSSR count). The second-order valence-electron chi connectivity index (χ2n) is 8.94. The SMILES string of the molecule is C=S(=O)(Cc1cccc(C(=O)N2CCCC(C)(C)C2)n1)c1cccc2ccccc12. The summed E-state index contributed by atoms with van der Waals surface area (Å²) in [7, 11) is -2.61. The summed E-state index contributed by atoms with van der Waals surface area (Å²) in [5, 5.41) is 1.98. The Morgan fingerprint density at radius 3 is 2.63 bits per heavy atom. The number of benzene rings is 2. The summed E-state index contributed by atoms with van der Waals surface area (Å²) < 4.78 is 13.6. The number of likely N-dealkylation sites (tertiary alicyclic amines) is 1. The molecule has 156 valence electrons. The van der Waals surface area contributed by atoms with Crippen LogP contribution < -0.4 is 0 Å². The lowest BCUT2D eigenvalue weighted by Gasteiger charge is -2.37. The molecule has 0 radical (unpaired) electrons. The van der Waals surface area contributed by atoms with E-state index in [4.69, 9.17) is 0 Å². The molecule has 1 amide bonds. The highest BCUT2D eigenvalue weighted by Gasteiger charge is 2.30. The molecule has 5 heteroatoms. The summed E-state index contributed by atoms with van der Waals surface area (Å²) >= 11 is 0. The van der Waals surface area contributed by atoms with E-state index in [1.54, 1.807) is 6.07 Å². The van der Waals surface area contributed by atoms with Crippen molar-refractivity contribution in [1.29, 1.82) is 0 Å². The van der Waals surface area contributed by atoms with Gasteiger partial charge in [0.25, 0.3) is 5.91 Å². The summed E-state index contributed by atoms with van der Waals surface area (Å²) in [5.74, 6) is 4.21. The number of carbonyl (C=O) groups is 1. The summed E-state index contributed by atoms with van der Waals surface area (Å²) in [6.45, 7) is 5.88. The molecule has 0 saturated carbocycles. The van der Waals surface area contributed by atoms with E-state index < -0.39 is 9.52 Å². The third kappa shape index (κ3) is 4.26. The second-order valence-corrected chi connectivity index (χ2v) is 11.3. The zero-order valence-electron chi connectivity index (χ0n) is 17.6. The van der Waals surface area contributed by atoms with Crippen LogP contribution in [0.2, 0.25) is 0 Å². The largest absolute Gasteiger partial charge is 0.337 e. The van der Waals surface area contributed by atoms with Gasteiger partial charge in [-0.15, -0.1) is 0 Å². The standard InChI is InChI=1S/C25H28N2O2S/c1-25(2)15-8-16-27(18-25)24(28)22-13-7-11-20(26-22)17-30(3,29)23-14-6-10-19-9-4-5-12-21(19)23/h4-7,9-14H,3,8,15-18H2,1-2H3. The quantitative estimate of drug-likeness (QED) is 0.571. The minimum atomic E-state index is -2.61. The van der Waals surface area contributed by atoms with Gasteiger partial charge in [0.2, 0.25) is 0 Å². The molecular formula is C25H28N2O2S. The van der Waals surface area contributed by atoms with Crippen molar-refractivity contribution in [3.05, 3.63) is 72.1 Å². The normalized spacial score (nSPS) is 18.1. The van der Waals surface area contributed by atoms with Crippen LogP contribution in [0.5, 0.6) is 0 Å². The summed E-state index contributed by atoms with van der Waals surface area (Å²) in [6, 6.07) is 19.1. The Hall–Kier alpha value is -2.66. The zero-order valence-corrected chi connectivity index (χ0v) is 18.5. The Kier molecular flexibility index (Phi) is 5.41. The van der Waals surface area contributed by atoms with Crippen molar-refractivity contribution in [2.45, 2.75) is 37.3 Å². The van der Waals surface area contributed by atoms with E-state index in [1.165, 1.54) is 0 Å². The Labute approximate surface area is 179 Å². The summed E-state index contributed by atoms with van der Waals surface area (Å²) in [6.07, 6.45) is 2.13. The Morgan fingerprint density at radius 2 is 1.83 bits per heavy atom. The molecule has 1 atom stereocenters. The molecule has 1 aliphatic heterocycles. The predicted molar refractivity (Wildman–Crippen MR) is 124 cm³/mol. The van der Waals surface area contributed by atoms with Crippen molar-refractivity contribution >= 4 is 32.1 Å². The van der Waals surface area contributed by atoms with E-state index in [0.29, 0.717) is 11.4 Å². The van der Waals surface area contributed by atoms with Crippen molar-refractivity contribution in [3.8, 4) is 0 Å². The molecule has 1 aliphatic rings. The number of hydrogen-bond donors (Lipinski definition) is 0. The zero-order chi connectivity index (χ0) is 21.4. The number of pyridine rings is 1. The van der Waals surface area contributed by atoms with Gasteiger partial charge in [-0.25, -0.2) is 4.98 Å². The predicted octanol–water partition coefficient (Wildman–Crippen LogP) is 4.77. The number of hydrogen-bond acceptors (Lipinski definition) is 3. The number of piperidine rings is 1. The van der Waals surface area contributed by atoms with Crippen LogP contribution in [0.25, 0.3) is 10.8 Å². The van der Waals surface area contributed by atoms with Gasteiger partial charge in [-0.1, -0.05) is 56.3 Å². The van der Waals surface area contributed by atoms with Crippen LogP contribution in [0, 0.1) is 5.41 Å². The molecule has 3 aromatic rings.